The van der Waals surface area contributed by atoms with E-state index in [-0.39, 0.29) is 24.5 Å². The molecule has 0 radical (unpaired) electrons. The molecule has 6 nitrogen and oxygen atoms in total. The van der Waals surface area contributed by atoms with E-state index in [0.717, 1.165) is 17.4 Å². The van der Waals surface area contributed by atoms with E-state index in [1.807, 2.05) is 24.3 Å². The highest BCUT2D eigenvalue weighted by molar-refractivity contribution is 7.92. The summed E-state index contributed by atoms with van der Waals surface area (Å²) in [7, 11) is -3.67. The predicted molar refractivity (Wildman–Crippen MR) is 133 cm³/mol. The number of nitrogens with zero attached hydrogens (tertiary/aromatic N) is 1. The van der Waals surface area contributed by atoms with Gasteiger partial charge in [0.15, 0.2) is 0 Å². The maximum Gasteiger partial charge on any atom is 0.342 e. The maximum atomic E-state index is 13.6. The van der Waals surface area contributed by atoms with Gasteiger partial charge >= 0.3 is 5.97 Å². The summed E-state index contributed by atoms with van der Waals surface area (Å²) in [6.45, 7) is 6.24. The Bertz CT molecular complexity index is 1600. The minimum absolute atomic E-state index is 0.128. The number of halogens is 1. The summed E-state index contributed by atoms with van der Waals surface area (Å²) in [5, 5.41) is 0.454. The monoisotopic (exact) mass is 491 g/mol. The Morgan fingerprint density at radius 1 is 1.11 bits per heavy atom. The van der Waals surface area contributed by atoms with Gasteiger partial charge in [0, 0.05) is 22.6 Å². The normalized spacial score (nSPS) is 13.3. The van der Waals surface area contributed by atoms with Crippen molar-refractivity contribution in [1.82, 2.24) is 0 Å². The SMILES string of the molecule is C=C1c2ccccc2CN(S(C)(=O)=O)c2cc3oc(-c4ccc(F)cc4)c(C(=O)OCC)c3cc21. The van der Waals surface area contributed by atoms with E-state index in [0.29, 0.717) is 33.4 Å². The van der Waals surface area contributed by atoms with Crippen LogP contribution in [0.15, 0.2) is 71.7 Å². The zero-order valence-electron chi connectivity index (χ0n) is 19.2. The Balaban J connectivity index is 1.84. The van der Waals surface area contributed by atoms with Crippen LogP contribution in [0.25, 0.3) is 27.9 Å². The third-order valence-electron chi connectivity index (χ3n) is 6.04. The quantitative estimate of drug-likeness (QED) is 0.340. The smallest absolute Gasteiger partial charge is 0.342 e. The van der Waals surface area contributed by atoms with E-state index >= 15 is 0 Å². The maximum absolute atomic E-state index is 13.6. The fourth-order valence-corrected chi connectivity index (χ4v) is 5.31. The molecule has 0 saturated carbocycles. The van der Waals surface area contributed by atoms with Crippen molar-refractivity contribution in [3.8, 4) is 11.3 Å². The molecule has 2 heterocycles. The second-order valence-corrected chi connectivity index (χ2v) is 10.2. The number of carbonyl (C=O) groups is 1. The van der Waals surface area contributed by atoms with Crippen LogP contribution in [-0.4, -0.2) is 27.2 Å². The second-order valence-electron chi connectivity index (χ2n) is 8.30. The molecule has 0 spiro atoms. The number of sulfonamides is 1. The van der Waals surface area contributed by atoms with Gasteiger partial charge in [0.25, 0.3) is 0 Å². The van der Waals surface area contributed by atoms with Crippen molar-refractivity contribution >= 4 is 38.2 Å². The molecule has 0 saturated heterocycles. The molecule has 1 aliphatic rings. The molecule has 1 aliphatic heterocycles. The van der Waals surface area contributed by atoms with E-state index in [2.05, 4.69) is 6.58 Å². The van der Waals surface area contributed by atoms with Crippen molar-refractivity contribution in [3.63, 3.8) is 0 Å². The van der Waals surface area contributed by atoms with Crippen molar-refractivity contribution in [3.05, 3.63) is 95.3 Å². The van der Waals surface area contributed by atoms with Gasteiger partial charge in [0.05, 0.1) is 25.1 Å². The first-order chi connectivity index (χ1) is 16.7. The lowest BCUT2D eigenvalue weighted by molar-refractivity contribution is 0.0528. The van der Waals surface area contributed by atoms with Crippen LogP contribution in [0.1, 0.15) is 34.0 Å². The number of esters is 1. The number of hydrogen-bond acceptors (Lipinski definition) is 5. The van der Waals surface area contributed by atoms with Crippen molar-refractivity contribution in [2.45, 2.75) is 13.5 Å². The molecule has 5 rings (SSSR count). The molecule has 0 fully saturated rings. The van der Waals surface area contributed by atoms with Crippen LogP contribution in [-0.2, 0) is 21.3 Å². The number of hydrogen-bond donors (Lipinski definition) is 0. The van der Waals surface area contributed by atoms with E-state index in [1.54, 1.807) is 19.1 Å². The molecule has 0 N–H and O–H groups in total. The van der Waals surface area contributed by atoms with Gasteiger partial charge in [-0.25, -0.2) is 17.6 Å². The lowest BCUT2D eigenvalue weighted by Gasteiger charge is -2.22. The summed E-state index contributed by atoms with van der Waals surface area (Å²) in [5.41, 5.74) is 4.20. The van der Waals surface area contributed by atoms with Gasteiger partial charge in [-0.05, 0) is 54.0 Å². The Labute approximate surface area is 202 Å². The highest BCUT2D eigenvalue weighted by Gasteiger charge is 2.31. The van der Waals surface area contributed by atoms with E-state index in [9.17, 15) is 17.6 Å². The van der Waals surface area contributed by atoms with E-state index in [4.69, 9.17) is 9.15 Å². The predicted octanol–water partition coefficient (Wildman–Crippen LogP) is 5.76. The second kappa shape index (κ2) is 8.39. The van der Waals surface area contributed by atoms with Gasteiger partial charge < -0.3 is 9.15 Å². The summed E-state index contributed by atoms with van der Waals surface area (Å²) in [6.07, 6.45) is 1.15. The fourth-order valence-electron chi connectivity index (χ4n) is 4.42. The average molecular weight is 492 g/mol. The topological polar surface area (TPSA) is 76.8 Å². The third kappa shape index (κ3) is 3.89. The molecule has 0 unspecified atom stereocenters. The molecule has 8 heteroatoms. The van der Waals surface area contributed by atoms with Crippen LogP contribution in [0.4, 0.5) is 10.1 Å². The number of benzene rings is 3. The average Bonchev–Trinajstić information content (AvgIpc) is 3.14. The fraction of sp³-hybridized carbons (Fsp3) is 0.148. The van der Waals surface area contributed by atoms with Gasteiger partial charge in [0.1, 0.15) is 22.7 Å². The highest BCUT2D eigenvalue weighted by Crippen LogP contribution is 2.43. The number of anilines is 1. The first-order valence-electron chi connectivity index (χ1n) is 11.0. The van der Waals surface area contributed by atoms with E-state index in [1.165, 1.54) is 28.6 Å². The summed E-state index contributed by atoms with van der Waals surface area (Å²) >= 11 is 0. The Kier molecular flexibility index (Phi) is 5.48. The van der Waals surface area contributed by atoms with Crippen molar-refractivity contribution < 1.29 is 26.8 Å². The molecule has 4 aromatic rings. The van der Waals surface area contributed by atoms with Gasteiger partial charge in [-0.2, -0.15) is 0 Å². The Hall–Kier alpha value is -3.91. The largest absolute Gasteiger partial charge is 0.462 e. The lowest BCUT2D eigenvalue weighted by Crippen LogP contribution is -2.29. The van der Waals surface area contributed by atoms with Crippen molar-refractivity contribution in [2.24, 2.45) is 0 Å². The van der Waals surface area contributed by atoms with Crippen molar-refractivity contribution in [1.29, 1.82) is 0 Å². The molecule has 35 heavy (non-hydrogen) atoms. The number of fused-ring (bicyclic) bond motifs is 3. The summed E-state index contributed by atoms with van der Waals surface area (Å²) < 4.78 is 51.9. The summed E-state index contributed by atoms with van der Waals surface area (Å²) in [4.78, 5) is 13.0. The van der Waals surface area contributed by atoms with Gasteiger partial charge in [-0.1, -0.05) is 30.8 Å². The number of rotatable bonds is 4. The standard InChI is InChI=1S/C27H22FNO5S/c1-4-33-27(30)25-22-13-21-16(2)20-8-6-5-7-18(20)15-29(35(3,31)32)23(21)14-24(22)34-26(25)17-9-11-19(28)12-10-17/h5-14H,2,4,15H2,1,3H3. The molecule has 0 aliphatic carbocycles. The zero-order chi connectivity index (χ0) is 24.9. The van der Waals surface area contributed by atoms with Crippen LogP contribution in [0.2, 0.25) is 0 Å². The van der Waals surface area contributed by atoms with Crippen LogP contribution < -0.4 is 4.31 Å². The van der Waals surface area contributed by atoms with Crippen LogP contribution in [0.5, 0.6) is 0 Å². The summed E-state index contributed by atoms with van der Waals surface area (Å²) in [5.74, 6) is -0.798. The van der Waals surface area contributed by atoms with Crippen molar-refractivity contribution in [2.75, 3.05) is 17.2 Å². The molecular formula is C27H22FNO5S. The highest BCUT2D eigenvalue weighted by atomic mass is 32.2. The number of carbonyl (C=O) groups excluding carboxylic acids is 1. The molecule has 0 amide bonds. The summed E-state index contributed by atoms with van der Waals surface area (Å²) in [6, 6.07) is 16.4. The number of furan rings is 1. The Morgan fingerprint density at radius 3 is 2.51 bits per heavy atom. The molecule has 1 aromatic heterocycles. The van der Waals surface area contributed by atoms with E-state index < -0.39 is 21.8 Å². The molecule has 0 atom stereocenters. The van der Waals surface area contributed by atoms with Crippen LogP contribution in [0.3, 0.4) is 0 Å². The Morgan fingerprint density at radius 2 is 1.83 bits per heavy atom. The zero-order valence-corrected chi connectivity index (χ0v) is 20.0. The van der Waals surface area contributed by atoms with Gasteiger partial charge in [0.2, 0.25) is 10.0 Å². The lowest BCUT2D eigenvalue weighted by atomic mass is 9.94. The minimum atomic E-state index is -3.67. The molecule has 178 valence electrons. The molecular weight excluding hydrogens is 469 g/mol. The van der Waals surface area contributed by atoms with Gasteiger partial charge in [-0.3, -0.25) is 4.31 Å². The first kappa shape index (κ1) is 22.9. The molecule has 0 bridgehead atoms. The third-order valence-corrected chi connectivity index (χ3v) is 7.17. The van der Waals surface area contributed by atoms with Gasteiger partial charge in [-0.15, -0.1) is 0 Å². The molecule has 3 aromatic carbocycles. The number of ether oxygens (including phenoxy) is 1. The van der Waals surface area contributed by atoms with Crippen LogP contribution in [0, 0.1) is 5.82 Å². The first-order valence-corrected chi connectivity index (χ1v) is 12.8. The minimum Gasteiger partial charge on any atom is -0.462 e. The van der Waals surface area contributed by atoms with Crippen LogP contribution >= 0.6 is 0 Å².